The number of amides is 1. The highest BCUT2D eigenvalue weighted by molar-refractivity contribution is 8.18. The van der Waals surface area contributed by atoms with E-state index in [0.29, 0.717) is 60.7 Å². The number of nitrogens with zero attached hydrogens (tertiary/aromatic N) is 2. The van der Waals surface area contributed by atoms with Crippen LogP contribution in [0, 0.1) is 5.92 Å². The lowest BCUT2D eigenvalue weighted by Gasteiger charge is -2.31. The lowest BCUT2D eigenvalue weighted by molar-refractivity contribution is -0.149. The Kier molecular flexibility index (Phi) is 7.19. The molecule has 1 aromatic carbocycles. The molecule has 0 aromatic heterocycles. The average Bonchev–Trinajstić information content (AvgIpc) is 3.10. The van der Waals surface area contributed by atoms with Crippen LogP contribution in [0.25, 0.3) is 6.08 Å². The van der Waals surface area contributed by atoms with Crippen molar-refractivity contribution in [3.63, 3.8) is 0 Å². The Morgan fingerprint density at radius 2 is 2.00 bits per heavy atom. The van der Waals surface area contributed by atoms with E-state index in [2.05, 4.69) is 9.89 Å². The number of likely N-dealkylation sites (tertiary alicyclic amines) is 1. The number of rotatable bonds is 6. The number of thioether (sulfide) groups is 1. The fraction of sp³-hybridized carbons (Fsp3) is 0.476. The Labute approximate surface area is 175 Å². The monoisotopic (exact) mass is 418 g/mol. The highest BCUT2D eigenvalue weighted by Gasteiger charge is 2.31. The van der Waals surface area contributed by atoms with E-state index in [1.165, 1.54) is 11.8 Å². The maximum Gasteiger partial charge on any atom is 0.309 e. The van der Waals surface area contributed by atoms with Crippen LogP contribution in [0.5, 0.6) is 11.5 Å². The van der Waals surface area contributed by atoms with E-state index in [9.17, 15) is 9.59 Å². The molecule has 0 aliphatic carbocycles. The van der Waals surface area contributed by atoms with Crippen LogP contribution < -0.4 is 9.47 Å². The Morgan fingerprint density at radius 3 is 2.66 bits per heavy atom. The molecule has 0 bridgehead atoms. The summed E-state index contributed by atoms with van der Waals surface area (Å²) in [6.07, 6.45) is 3.23. The largest absolute Gasteiger partial charge is 0.493 e. The first-order chi connectivity index (χ1) is 14.0. The third-order valence-electron chi connectivity index (χ3n) is 4.78. The minimum atomic E-state index is -0.245. The Hall–Kier alpha value is -2.48. The molecule has 1 fully saturated rings. The van der Waals surface area contributed by atoms with E-state index >= 15 is 0 Å². The lowest BCUT2D eigenvalue weighted by Crippen LogP contribution is -2.39. The molecule has 2 heterocycles. The summed E-state index contributed by atoms with van der Waals surface area (Å²) in [6.45, 7) is 6.06. The van der Waals surface area contributed by atoms with Gasteiger partial charge in [-0.2, -0.15) is 4.99 Å². The van der Waals surface area contributed by atoms with Gasteiger partial charge in [-0.1, -0.05) is 6.07 Å². The van der Waals surface area contributed by atoms with Crippen molar-refractivity contribution in [2.24, 2.45) is 10.9 Å². The molecule has 1 aromatic rings. The van der Waals surface area contributed by atoms with E-state index in [-0.39, 0.29) is 17.8 Å². The molecule has 0 atom stereocenters. The summed E-state index contributed by atoms with van der Waals surface area (Å²) in [5, 5.41) is 0.696. The number of hydrogen-bond donors (Lipinski definition) is 0. The molecule has 8 heteroatoms. The van der Waals surface area contributed by atoms with Crippen molar-refractivity contribution < 1.29 is 23.8 Å². The highest BCUT2D eigenvalue weighted by Crippen LogP contribution is 2.34. The molecule has 0 unspecified atom stereocenters. The number of amidine groups is 1. The third kappa shape index (κ3) is 5.12. The first-order valence-electron chi connectivity index (χ1n) is 9.80. The zero-order valence-electron chi connectivity index (χ0n) is 17.0. The van der Waals surface area contributed by atoms with E-state index in [4.69, 9.17) is 14.2 Å². The van der Waals surface area contributed by atoms with Crippen LogP contribution in [-0.2, 0) is 14.3 Å². The first kappa shape index (κ1) is 21.2. The van der Waals surface area contributed by atoms with Crippen molar-refractivity contribution in [2.75, 3.05) is 33.4 Å². The quantitative estimate of drug-likeness (QED) is 0.518. The maximum absolute atomic E-state index is 12.4. The smallest absolute Gasteiger partial charge is 0.309 e. The van der Waals surface area contributed by atoms with Gasteiger partial charge in [0.25, 0.3) is 5.91 Å². The topological polar surface area (TPSA) is 77.4 Å². The number of methoxy groups -OCH3 is 1. The number of carbonyl (C=O) groups excluding carboxylic acids is 2. The molecule has 1 saturated heterocycles. The van der Waals surface area contributed by atoms with Gasteiger partial charge in [0.1, 0.15) is 0 Å². The van der Waals surface area contributed by atoms with Crippen LogP contribution in [0.15, 0.2) is 28.1 Å². The summed E-state index contributed by atoms with van der Waals surface area (Å²) in [4.78, 5) is 31.1. The van der Waals surface area contributed by atoms with Gasteiger partial charge in [0.2, 0.25) is 0 Å². The number of carbonyl (C=O) groups is 2. The van der Waals surface area contributed by atoms with E-state index in [1.807, 2.05) is 38.1 Å². The second-order valence-corrected chi connectivity index (χ2v) is 7.68. The molecule has 7 nitrogen and oxygen atoms in total. The van der Waals surface area contributed by atoms with Gasteiger partial charge in [-0.05, 0) is 62.2 Å². The Morgan fingerprint density at radius 1 is 1.24 bits per heavy atom. The number of hydrogen-bond acceptors (Lipinski definition) is 7. The molecule has 0 radical (unpaired) electrons. The maximum atomic E-state index is 12.4. The number of aliphatic imine (C=N–C) groups is 1. The highest BCUT2D eigenvalue weighted by atomic mass is 32.2. The number of benzene rings is 1. The zero-order chi connectivity index (χ0) is 20.8. The minimum absolute atomic E-state index is 0.0692. The Bertz CT molecular complexity index is 828. The van der Waals surface area contributed by atoms with Crippen molar-refractivity contribution in [1.29, 1.82) is 0 Å². The summed E-state index contributed by atoms with van der Waals surface area (Å²) in [6, 6.07) is 5.56. The van der Waals surface area contributed by atoms with Crippen molar-refractivity contribution in [3.8, 4) is 11.5 Å². The summed E-state index contributed by atoms with van der Waals surface area (Å²) in [5.74, 6) is 0.850. The SMILES string of the molecule is CCOC(=O)C1CCN(C2=NC(=O)/C(=C/c3ccc(OCC)c(OC)c3)S2)CC1. The normalized spacial score (nSPS) is 18.7. The molecule has 2 aliphatic rings. The van der Waals surface area contributed by atoms with Crippen molar-refractivity contribution in [2.45, 2.75) is 26.7 Å². The molecule has 29 heavy (non-hydrogen) atoms. The lowest BCUT2D eigenvalue weighted by atomic mass is 9.97. The minimum Gasteiger partial charge on any atom is -0.493 e. The van der Waals surface area contributed by atoms with Gasteiger partial charge in [0.05, 0.1) is 31.1 Å². The average molecular weight is 419 g/mol. The van der Waals surface area contributed by atoms with Crippen LogP contribution in [0.1, 0.15) is 32.3 Å². The van der Waals surface area contributed by atoms with Gasteiger partial charge >= 0.3 is 5.97 Å². The zero-order valence-corrected chi connectivity index (χ0v) is 17.8. The second kappa shape index (κ2) is 9.82. The van der Waals surface area contributed by atoms with Crippen LogP contribution >= 0.6 is 11.8 Å². The van der Waals surface area contributed by atoms with Gasteiger partial charge in [0, 0.05) is 13.1 Å². The predicted molar refractivity (Wildman–Crippen MR) is 113 cm³/mol. The van der Waals surface area contributed by atoms with Gasteiger partial charge in [-0.25, -0.2) is 0 Å². The molecule has 3 rings (SSSR count). The summed E-state index contributed by atoms with van der Waals surface area (Å²) in [7, 11) is 1.59. The van der Waals surface area contributed by atoms with Crippen LogP contribution in [0.4, 0.5) is 0 Å². The fourth-order valence-electron chi connectivity index (χ4n) is 3.30. The van der Waals surface area contributed by atoms with Crippen LogP contribution in [0.3, 0.4) is 0 Å². The first-order valence-corrected chi connectivity index (χ1v) is 10.6. The number of esters is 1. The Balaban J connectivity index is 1.64. The molecule has 0 saturated carbocycles. The van der Waals surface area contributed by atoms with Gasteiger partial charge in [0.15, 0.2) is 16.7 Å². The molecule has 2 aliphatic heterocycles. The van der Waals surface area contributed by atoms with Gasteiger partial charge in [-0.15, -0.1) is 0 Å². The fourth-order valence-corrected chi connectivity index (χ4v) is 4.26. The molecule has 0 N–H and O–H groups in total. The molecular weight excluding hydrogens is 392 g/mol. The van der Waals surface area contributed by atoms with E-state index in [0.717, 1.165) is 5.56 Å². The second-order valence-electron chi connectivity index (χ2n) is 6.67. The number of ether oxygens (including phenoxy) is 3. The van der Waals surface area contributed by atoms with Crippen LogP contribution in [-0.4, -0.2) is 55.4 Å². The number of piperidine rings is 1. The third-order valence-corrected chi connectivity index (χ3v) is 5.82. The molecule has 0 spiro atoms. The van der Waals surface area contributed by atoms with E-state index in [1.54, 1.807) is 7.11 Å². The summed E-state index contributed by atoms with van der Waals surface area (Å²) < 4.78 is 16.0. The van der Waals surface area contributed by atoms with E-state index < -0.39 is 0 Å². The molecule has 1 amide bonds. The van der Waals surface area contributed by atoms with Crippen molar-refractivity contribution in [3.05, 3.63) is 28.7 Å². The van der Waals surface area contributed by atoms with Crippen molar-refractivity contribution >= 4 is 34.9 Å². The van der Waals surface area contributed by atoms with Crippen LogP contribution in [0.2, 0.25) is 0 Å². The summed E-state index contributed by atoms with van der Waals surface area (Å²) >= 11 is 1.37. The molecular formula is C21H26N2O5S. The van der Waals surface area contributed by atoms with Gasteiger partial charge < -0.3 is 19.1 Å². The predicted octanol–water partition coefficient (Wildman–Crippen LogP) is 3.34. The standard InChI is InChI=1S/C21H26N2O5S/c1-4-27-16-7-6-14(12-17(16)26-3)13-18-19(24)22-21(29-18)23-10-8-15(9-11-23)20(25)28-5-2/h6-7,12-13,15H,4-5,8-11H2,1-3H3/b18-13-. The van der Waals surface area contributed by atoms with Gasteiger partial charge in [-0.3, -0.25) is 9.59 Å². The summed E-state index contributed by atoms with van der Waals surface area (Å²) in [5.41, 5.74) is 0.846. The molecule has 156 valence electrons. The van der Waals surface area contributed by atoms with Crippen molar-refractivity contribution in [1.82, 2.24) is 4.90 Å².